The first-order valence-electron chi connectivity index (χ1n) is 7.05. The van der Waals surface area contributed by atoms with Crippen molar-refractivity contribution in [1.29, 1.82) is 5.26 Å². The molecule has 0 atom stereocenters. The van der Waals surface area contributed by atoms with Crippen molar-refractivity contribution in [3.63, 3.8) is 0 Å². The first-order chi connectivity index (χ1) is 11.7. The smallest absolute Gasteiger partial charge is 0.262 e. The summed E-state index contributed by atoms with van der Waals surface area (Å²) in [5.41, 5.74) is 2.19. The lowest BCUT2D eigenvalue weighted by Crippen LogP contribution is -2.20. The minimum Gasteiger partial charge on any atom is -0.484 e. The molecule has 7 heteroatoms. The number of amides is 1. The molecule has 0 aliphatic rings. The van der Waals surface area contributed by atoms with Crippen molar-refractivity contribution in [3.05, 3.63) is 48.0 Å². The highest BCUT2D eigenvalue weighted by Gasteiger charge is 2.07. The number of thiazole rings is 1. The van der Waals surface area contributed by atoms with Gasteiger partial charge in [-0.25, -0.2) is 4.98 Å². The Kier molecular flexibility index (Phi) is 4.99. The number of hydrogen-bond donors (Lipinski definition) is 1. The van der Waals surface area contributed by atoms with Gasteiger partial charge in [0.25, 0.3) is 5.91 Å². The van der Waals surface area contributed by atoms with Crippen LogP contribution in [0.25, 0.3) is 10.2 Å². The number of thioether (sulfide) groups is 1. The number of nitrogens with zero attached hydrogens (tertiary/aromatic N) is 2. The van der Waals surface area contributed by atoms with Gasteiger partial charge in [-0.15, -0.1) is 11.3 Å². The summed E-state index contributed by atoms with van der Waals surface area (Å²) in [6.07, 6.45) is 1.99. The van der Waals surface area contributed by atoms with Crippen molar-refractivity contribution in [3.8, 4) is 11.8 Å². The zero-order chi connectivity index (χ0) is 16.9. The van der Waals surface area contributed by atoms with Gasteiger partial charge in [0.15, 0.2) is 10.9 Å². The van der Waals surface area contributed by atoms with Gasteiger partial charge in [-0.1, -0.05) is 11.8 Å². The Labute approximate surface area is 147 Å². The first-order valence-corrected chi connectivity index (χ1v) is 9.09. The number of anilines is 1. The van der Waals surface area contributed by atoms with Gasteiger partial charge in [-0.2, -0.15) is 5.26 Å². The molecule has 3 aromatic rings. The lowest BCUT2D eigenvalue weighted by molar-refractivity contribution is -0.118. The van der Waals surface area contributed by atoms with E-state index >= 15 is 0 Å². The molecule has 0 aliphatic heterocycles. The van der Waals surface area contributed by atoms with Gasteiger partial charge in [0, 0.05) is 5.69 Å². The number of aromatic nitrogens is 1. The molecule has 5 nitrogen and oxygen atoms in total. The molecule has 0 radical (unpaired) electrons. The number of nitriles is 1. The Morgan fingerprint density at radius 3 is 2.83 bits per heavy atom. The Morgan fingerprint density at radius 2 is 2.12 bits per heavy atom. The van der Waals surface area contributed by atoms with Gasteiger partial charge in [-0.3, -0.25) is 4.79 Å². The molecule has 3 rings (SSSR count). The van der Waals surface area contributed by atoms with Crippen molar-refractivity contribution in [2.75, 3.05) is 18.2 Å². The first kappa shape index (κ1) is 16.3. The molecular formula is C17H13N3O2S2. The molecule has 0 aliphatic carbocycles. The zero-order valence-electron chi connectivity index (χ0n) is 12.8. The van der Waals surface area contributed by atoms with E-state index in [1.54, 1.807) is 47.4 Å². The maximum atomic E-state index is 12.0. The second kappa shape index (κ2) is 7.34. The van der Waals surface area contributed by atoms with Crippen LogP contribution in [0.5, 0.6) is 5.75 Å². The van der Waals surface area contributed by atoms with Crippen molar-refractivity contribution in [1.82, 2.24) is 4.98 Å². The molecule has 0 unspecified atom stereocenters. The molecule has 1 amide bonds. The Bertz CT molecular complexity index is 914. The van der Waals surface area contributed by atoms with Crippen LogP contribution in [0.15, 0.2) is 46.8 Å². The Hall–Kier alpha value is -2.56. The van der Waals surface area contributed by atoms with Crippen molar-refractivity contribution >= 4 is 44.9 Å². The fraction of sp³-hybridized carbons (Fsp3) is 0.118. The number of carbonyl (C=O) groups excluding carboxylic acids is 1. The number of ether oxygens (including phenoxy) is 1. The summed E-state index contributed by atoms with van der Waals surface area (Å²) in [6.45, 7) is -0.0946. The van der Waals surface area contributed by atoms with Crippen molar-refractivity contribution < 1.29 is 9.53 Å². The summed E-state index contributed by atoms with van der Waals surface area (Å²) in [5.74, 6) is 0.306. The molecule has 0 fully saturated rings. The van der Waals surface area contributed by atoms with E-state index in [0.717, 1.165) is 14.6 Å². The number of hydrogen-bond acceptors (Lipinski definition) is 6. The minimum atomic E-state index is -0.242. The molecule has 24 heavy (non-hydrogen) atoms. The maximum absolute atomic E-state index is 12.0. The van der Waals surface area contributed by atoms with Gasteiger partial charge in [-0.05, 0) is 48.7 Å². The SMILES string of the molecule is CSc1nc2ccc(NC(=O)COc3ccc(C#N)cc3)cc2s1. The number of benzene rings is 2. The summed E-state index contributed by atoms with van der Waals surface area (Å²) in [6, 6.07) is 14.3. The average Bonchev–Trinajstić information content (AvgIpc) is 3.03. The van der Waals surface area contributed by atoms with Crippen LogP contribution in [0.1, 0.15) is 5.56 Å². The lowest BCUT2D eigenvalue weighted by atomic mass is 10.2. The fourth-order valence-corrected chi connectivity index (χ4v) is 3.57. The molecule has 0 saturated heterocycles. The van der Waals surface area contributed by atoms with E-state index < -0.39 is 0 Å². The molecule has 2 aromatic carbocycles. The van der Waals surface area contributed by atoms with Crippen LogP contribution in [-0.2, 0) is 4.79 Å². The molecule has 1 aromatic heterocycles. The Balaban J connectivity index is 1.60. The summed E-state index contributed by atoms with van der Waals surface area (Å²) in [7, 11) is 0. The molecule has 0 saturated carbocycles. The molecule has 1 N–H and O–H groups in total. The van der Waals surface area contributed by atoms with E-state index in [-0.39, 0.29) is 12.5 Å². The topological polar surface area (TPSA) is 75.0 Å². The van der Waals surface area contributed by atoms with E-state index in [1.165, 1.54) is 0 Å². The lowest BCUT2D eigenvalue weighted by Gasteiger charge is -2.07. The van der Waals surface area contributed by atoms with Crippen LogP contribution in [0.2, 0.25) is 0 Å². The predicted molar refractivity (Wildman–Crippen MR) is 96.7 cm³/mol. The highest BCUT2D eigenvalue weighted by molar-refractivity contribution is 8.00. The zero-order valence-corrected chi connectivity index (χ0v) is 14.4. The monoisotopic (exact) mass is 355 g/mol. The molecular weight excluding hydrogens is 342 g/mol. The number of rotatable bonds is 5. The third kappa shape index (κ3) is 3.85. The summed E-state index contributed by atoms with van der Waals surface area (Å²) >= 11 is 3.20. The van der Waals surface area contributed by atoms with Gasteiger partial charge in [0.05, 0.1) is 21.8 Å². The molecule has 0 bridgehead atoms. The Morgan fingerprint density at radius 1 is 1.33 bits per heavy atom. The second-order valence-electron chi connectivity index (χ2n) is 4.84. The van der Waals surface area contributed by atoms with E-state index in [0.29, 0.717) is 17.0 Å². The van der Waals surface area contributed by atoms with Crippen molar-refractivity contribution in [2.24, 2.45) is 0 Å². The highest BCUT2D eigenvalue weighted by atomic mass is 32.2. The third-order valence-corrected chi connectivity index (χ3v) is 5.18. The van der Waals surface area contributed by atoms with Crippen LogP contribution < -0.4 is 10.1 Å². The normalized spacial score (nSPS) is 10.3. The van der Waals surface area contributed by atoms with Gasteiger partial charge in [0.1, 0.15) is 5.75 Å². The van der Waals surface area contributed by atoms with Crippen LogP contribution in [0.3, 0.4) is 0 Å². The summed E-state index contributed by atoms with van der Waals surface area (Å²) in [5, 5.41) is 11.6. The van der Waals surface area contributed by atoms with Crippen LogP contribution >= 0.6 is 23.1 Å². The predicted octanol–water partition coefficient (Wildman–Crippen LogP) is 3.91. The number of carbonyl (C=O) groups is 1. The summed E-state index contributed by atoms with van der Waals surface area (Å²) < 4.78 is 7.44. The largest absolute Gasteiger partial charge is 0.484 e. The average molecular weight is 355 g/mol. The standard InChI is InChI=1S/C17H13N3O2S2/c1-23-17-20-14-7-4-12(8-15(14)24-17)19-16(21)10-22-13-5-2-11(9-18)3-6-13/h2-8H,10H2,1H3,(H,19,21). The highest BCUT2D eigenvalue weighted by Crippen LogP contribution is 2.29. The van der Waals surface area contributed by atoms with E-state index in [4.69, 9.17) is 10.00 Å². The minimum absolute atomic E-state index is 0.0946. The van der Waals surface area contributed by atoms with Crippen molar-refractivity contribution in [2.45, 2.75) is 4.34 Å². The number of fused-ring (bicyclic) bond motifs is 1. The number of nitrogens with one attached hydrogen (secondary N) is 1. The molecule has 120 valence electrons. The van der Waals surface area contributed by atoms with Crippen LogP contribution in [0.4, 0.5) is 5.69 Å². The summed E-state index contributed by atoms with van der Waals surface area (Å²) in [4.78, 5) is 16.5. The van der Waals surface area contributed by atoms with E-state index in [2.05, 4.69) is 10.3 Å². The van der Waals surface area contributed by atoms with Crippen LogP contribution in [-0.4, -0.2) is 23.8 Å². The van der Waals surface area contributed by atoms with Gasteiger partial charge < -0.3 is 10.1 Å². The second-order valence-corrected chi connectivity index (χ2v) is 6.92. The molecule has 1 heterocycles. The van der Waals surface area contributed by atoms with Gasteiger partial charge in [0.2, 0.25) is 0 Å². The maximum Gasteiger partial charge on any atom is 0.262 e. The molecule has 0 spiro atoms. The van der Waals surface area contributed by atoms with Gasteiger partial charge >= 0.3 is 0 Å². The third-order valence-electron chi connectivity index (χ3n) is 3.18. The quantitative estimate of drug-likeness (QED) is 0.702. The van der Waals surface area contributed by atoms with E-state index in [1.807, 2.05) is 30.5 Å². The van der Waals surface area contributed by atoms with Crippen LogP contribution in [0, 0.1) is 11.3 Å². The fourth-order valence-electron chi connectivity index (χ4n) is 2.04. The van der Waals surface area contributed by atoms with E-state index in [9.17, 15) is 4.79 Å².